The van der Waals surface area contributed by atoms with Crippen LogP contribution in [0.1, 0.15) is 106 Å². The number of nitrogens with two attached hydrogens (primary N) is 1. The van der Waals surface area contributed by atoms with Gasteiger partial charge in [-0.15, -0.1) is 11.3 Å². The van der Waals surface area contributed by atoms with E-state index in [9.17, 15) is 14.4 Å². The summed E-state index contributed by atoms with van der Waals surface area (Å²) in [6, 6.07) is 1.81. The first kappa shape index (κ1) is 30.4. The third-order valence-electron chi connectivity index (χ3n) is 8.27. The van der Waals surface area contributed by atoms with Gasteiger partial charge in [0.05, 0.1) is 10.6 Å². The molecule has 1 atom stereocenters. The molecule has 3 amide bonds. The number of carbonyl (C=O) groups is 3. The molecular formula is C31H46N4O4S. The summed E-state index contributed by atoms with van der Waals surface area (Å²) >= 11 is 1.27. The van der Waals surface area contributed by atoms with Gasteiger partial charge in [0.15, 0.2) is 0 Å². The number of nitrogens with one attached hydrogen (secondary N) is 2. The Morgan fingerprint density at radius 1 is 1.07 bits per heavy atom. The minimum Gasteiger partial charge on any atom is -0.445 e. The Labute approximate surface area is 243 Å². The number of ether oxygens (including phenoxy) is 1. The second-order valence-electron chi connectivity index (χ2n) is 12.9. The number of piperidine rings is 1. The van der Waals surface area contributed by atoms with E-state index in [4.69, 9.17) is 10.5 Å². The number of nitrogens with zero attached hydrogens (tertiary/aromatic N) is 1. The van der Waals surface area contributed by atoms with E-state index < -0.39 is 5.91 Å². The van der Waals surface area contributed by atoms with Gasteiger partial charge in [0, 0.05) is 30.0 Å². The van der Waals surface area contributed by atoms with Crippen LogP contribution in [0, 0.1) is 29.1 Å². The van der Waals surface area contributed by atoms with E-state index in [0.717, 1.165) is 75.6 Å². The maximum Gasteiger partial charge on any atom is 0.407 e. The van der Waals surface area contributed by atoms with Gasteiger partial charge in [0.25, 0.3) is 5.91 Å². The van der Waals surface area contributed by atoms with E-state index in [2.05, 4.69) is 29.4 Å². The van der Waals surface area contributed by atoms with Crippen LogP contribution in [0.4, 0.5) is 10.5 Å². The second kappa shape index (κ2) is 13.4. The standard InChI is InChI=1S/C31H46N4O4S/c1-20-7-9-21(10-8-20)29(37)35(26-18-25(15-16-31(2,3)4)40-27(26)28(32)36)23-13-11-22(12-14-23)34-30(38)39-24-6-5-17-33-19-24/h18,20-24,33H,5-14,17,19H2,1-4H3,(H2,32,36)(H,34,38)/t20-,21-,22?,23?,24-/m1/s1. The maximum absolute atomic E-state index is 14.1. The lowest BCUT2D eigenvalue weighted by atomic mass is 9.81. The molecule has 0 radical (unpaired) electrons. The summed E-state index contributed by atoms with van der Waals surface area (Å²) in [6.45, 7) is 10.0. The topological polar surface area (TPSA) is 114 Å². The predicted octanol–water partition coefficient (Wildman–Crippen LogP) is 5.19. The van der Waals surface area contributed by atoms with Gasteiger partial charge in [0.2, 0.25) is 5.91 Å². The number of carbonyl (C=O) groups excluding carboxylic acids is 3. The summed E-state index contributed by atoms with van der Waals surface area (Å²) in [5.74, 6) is 6.56. The molecule has 8 nitrogen and oxygen atoms in total. The van der Waals surface area contributed by atoms with Crippen molar-refractivity contribution in [2.45, 2.75) is 110 Å². The third kappa shape index (κ3) is 8.23. The average molecular weight is 571 g/mol. The number of hydrogen-bond acceptors (Lipinski definition) is 6. The number of rotatable bonds is 6. The molecule has 0 bridgehead atoms. The number of amides is 3. The quantitative estimate of drug-likeness (QED) is 0.407. The highest BCUT2D eigenvalue weighted by Crippen LogP contribution is 2.38. The maximum atomic E-state index is 14.1. The molecule has 0 spiro atoms. The van der Waals surface area contributed by atoms with Crippen molar-refractivity contribution in [3.8, 4) is 11.8 Å². The third-order valence-corrected chi connectivity index (χ3v) is 9.32. The van der Waals surface area contributed by atoms with Gasteiger partial charge in [0.1, 0.15) is 11.0 Å². The Morgan fingerprint density at radius 3 is 2.38 bits per heavy atom. The normalized spacial score (nSPS) is 27.1. The lowest BCUT2D eigenvalue weighted by molar-refractivity contribution is -0.124. The van der Waals surface area contributed by atoms with Crippen LogP contribution in [0.3, 0.4) is 0 Å². The highest BCUT2D eigenvalue weighted by molar-refractivity contribution is 7.15. The molecule has 1 aliphatic heterocycles. The van der Waals surface area contributed by atoms with Crippen molar-refractivity contribution in [1.82, 2.24) is 10.6 Å². The number of anilines is 1. The largest absolute Gasteiger partial charge is 0.445 e. The van der Waals surface area contributed by atoms with Crippen LogP contribution in [-0.2, 0) is 9.53 Å². The first-order valence-corrected chi connectivity index (χ1v) is 15.8. The molecule has 0 aromatic carbocycles. The highest BCUT2D eigenvalue weighted by Gasteiger charge is 2.37. The van der Waals surface area contributed by atoms with Crippen LogP contribution < -0.4 is 21.3 Å². The summed E-state index contributed by atoms with van der Waals surface area (Å²) in [4.78, 5) is 42.2. The average Bonchev–Trinajstić information content (AvgIpc) is 3.33. The van der Waals surface area contributed by atoms with Crippen LogP contribution >= 0.6 is 11.3 Å². The van der Waals surface area contributed by atoms with Crippen LogP contribution in [-0.4, -0.2) is 49.2 Å². The van der Waals surface area contributed by atoms with Crippen LogP contribution in [0.2, 0.25) is 0 Å². The van der Waals surface area contributed by atoms with E-state index in [1.54, 1.807) is 0 Å². The molecule has 4 rings (SSSR count). The predicted molar refractivity (Wildman–Crippen MR) is 159 cm³/mol. The lowest BCUT2D eigenvalue weighted by Gasteiger charge is -2.39. The van der Waals surface area contributed by atoms with Gasteiger partial charge < -0.3 is 26.0 Å². The summed E-state index contributed by atoms with van der Waals surface area (Å²) in [7, 11) is 0. The fraction of sp³-hybridized carbons (Fsp3) is 0.710. The minimum absolute atomic E-state index is 0.000851. The number of thiophene rings is 1. The van der Waals surface area contributed by atoms with Crippen molar-refractivity contribution in [1.29, 1.82) is 0 Å². The molecule has 9 heteroatoms. The van der Waals surface area contributed by atoms with Crippen molar-refractivity contribution in [3.05, 3.63) is 15.8 Å². The Morgan fingerprint density at radius 2 is 1.77 bits per heavy atom. The molecule has 1 aromatic rings. The van der Waals surface area contributed by atoms with Crippen molar-refractivity contribution in [2.24, 2.45) is 23.0 Å². The SMILES string of the molecule is CC(C)(C)C#Cc1cc(N(C(=O)[C@H]2CC[C@H](C)CC2)C2CCC(NC(=O)O[C@@H]3CCCNC3)CC2)c(C(N)=O)s1. The van der Waals surface area contributed by atoms with Gasteiger partial charge in [-0.25, -0.2) is 4.79 Å². The van der Waals surface area contributed by atoms with Gasteiger partial charge in [-0.2, -0.15) is 0 Å². The molecule has 220 valence electrons. The van der Waals surface area contributed by atoms with E-state index in [1.165, 1.54) is 11.3 Å². The van der Waals surface area contributed by atoms with Crippen molar-refractivity contribution in [2.75, 3.05) is 18.0 Å². The highest BCUT2D eigenvalue weighted by atomic mass is 32.1. The molecule has 40 heavy (non-hydrogen) atoms. The molecule has 2 heterocycles. The fourth-order valence-electron chi connectivity index (χ4n) is 6.00. The Hall–Kier alpha value is -2.57. The molecule has 2 saturated carbocycles. The monoisotopic (exact) mass is 570 g/mol. The molecule has 0 unspecified atom stereocenters. The van der Waals surface area contributed by atoms with Gasteiger partial charge in [-0.3, -0.25) is 9.59 Å². The van der Waals surface area contributed by atoms with Crippen LogP contribution in [0.15, 0.2) is 6.07 Å². The minimum atomic E-state index is -0.533. The molecule has 2 aliphatic carbocycles. The van der Waals surface area contributed by atoms with E-state index in [-0.39, 0.29) is 41.5 Å². The van der Waals surface area contributed by atoms with Crippen molar-refractivity contribution < 1.29 is 19.1 Å². The van der Waals surface area contributed by atoms with Gasteiger partial charge in [-0.05, 0) is 104 Å². The Balaban J connectivity index is 1.52. The fourth-order valence-corrected chi connectivity index (χ4v) is 6.85. The lowest BCUT2D eigenvalue weighted by Crippen LogP contribution is -2.49. The van der Waals surface area contributed by atoms with Crippen LogP contribution in [0.5, 0.6) is 0 Å². The van der Waals surface area contributed by atoms with Gasteiger partial charge in [-0.1, -0.05) is 18.8 Å². The second-order valence-corrected chi connectivity index (χ2v) is 13.9. The van der Waals surface area contributed by atoms with Gasteiger partial charge >= 0.3 is 6.09 Å². The molecule has 1 saturated heterocycles. The molecule has 4 N–H and O–H groups in total. The summed E-state index contributed by atoms with van der Waals surface area (Å²) in [5.41, 5.74) is 6.26. The Bertz CT molecular complexity index is 1110. The number of hydrogen-bond donors (Lipinski definition) is 3. The summed E-state index contributed by atoms with van der Waals surface area (Å²) in [5, 5.41) is 6.31. The zero-order valence-electron chi connectivity index (χ0n) is 24.5. The summed E-state index contributed by atoms with van der Waals surface area (Å²) in [6.07, 6.45) is 8.16. The first-order valence-electron chi connectivity index (χ1n) is 15.0. The zero-order chi connectivity index (χ0) is 28.9. The van der Waals surface area contributed by atoms with Crippen molar-refractivity contribution in [3.63, 3.8) is 0 Å². The van der Waals surface area contributed by atoms with E-state index in [1.807, 2.05) is 31.7 Å². The van der Waals surface area contributed by atoms with Crippen molar-refractivity contribution >= 4 is 34.9 Å². The Kier molecular flexibility index (Phi) is 10.2. The van der Waals surface area contributed by atoms with Crippen LogP contribution in [0.25, 0.3) is 0 Å². The van der Waals surface area contributed by atoms with E-state index in [0.29, 0.717) is 23.0 Å². The number of primary amides is 1. The zero-order valence-corrected chi connectivity index (χ0v) is 25.3. The van der Waals surface area contributed by atoms with E-state index >= 15 is 0 Å². The first-order chi connectivity index (χ1) is 19.0. The molecular weight excluding hydrogens is 524 g/mol. The smallest absolute Gasteiger partial charge is 0.407 e. The number of alkyl carbamates (subject to hydrolysis) is 1. The summed E-state index contributed by atoms with van der Waals surface area (Å²) < 4.78 is 5.62. The molecule has 1 aromatic heterocycles. The molecule has 3 fully saturated rings. The molecule has 3 aliphatic rings.